The quantitative estimate of drug-likeness (QED) is 0.641. The van der Waals surface area contributed by atoms with Gasteiger partial charge in [-0.15, -0.1) is 12.4 Å². The number of hydrogen-bond acceptors (Lipinski definition) is 1. The van der Waals surface area contributed by atoms with Crippen molar-refractivity contribution >= 4 is 20.0 Å². The highest BCUT2D eigenvalue weighted by molar-refractivity contribution is 7.56. The van der Waals surface area contributed by atoms with Gasteiger partial charge in [0.2, 0.25) is 0 Å². The standard InChI is InChI=1S/C4H14N3OP.ClH/c1-3-7(4-2)9(5,6)8;/h3-4H2,1-2H3,(H4,5,6,8);1H. The van der Waals surface area contributed by atoms with E-state index in [2.05, 4.69) is 0 Å². The van der Waals surface area contributed by atoms with Gasteiger partial charge in [0.25, 0.3) is 7.59 Å². The molecule has 0 rings (SSSR count). The fourth-order valence-corrected chi connectivity index (χ4v) is 1.55. The number of hydrogen-bond donors (Lipinski definition) is 2. The summed E-state index contributed by atoms with van der Waals surface area (Å²) >= 11 is 0. The zero-order chi connectivity index (χ0) is 7.49. The van der Waals surface area contributed by atoms with Crippen molar-refractivity contribution in [2.75, 3.05) is 13.1 Å². The van der Waals surface area contributed by atoms with E-state index >= 15 is 0 Å². The van der Waals surface area contributed by atoms with Gasteiger partial charge in [0.15, 0.2) is 0 Å². The summed E-state index contributed by atoms with van der Waals surface area (Å²) in [5, 5.41) is 0. The Bertz CT molecular complexity index is 122. The maximum atomic E-state index is 10.9. The van der Waals surface area contributed by atoms with E-state index in [0.29, 0.717) is 13.1 Å². The first kappa shape index (κ1) is 13.0. The van der Waals surface area contributed by atoms with Gasteiger partial charge in [-0.1, -0.05) is 13.8 Å². The molecule has 0 aliphatic carbocycles. The van der Waals surface area contributed by atoms with Crippen LogP contribution in [0.4, 0.5) is 0 Å². The fourth-order valence-electron chi connectivity index (χ4n) is 0.666. The minimum absolute atomic E-state index is 0. The Morgan fingerprint density at radius 1 is 1.30 bits per heavy atom. The maximum absolute atomic E-state index is 10.9. The van der Waals surface area contributed by atoms with E-state index in [1.807, 2.05) is 13.8 Å². The summed E-state index contributed by atoms with van der Waals surface area (Å²) < 4.78 is 12.4. The molecule has 0 amide bonds. The van der Waals surface area contributed by atoms with Crippen LogP contribution in [0.25, 0.3) is 0 Å². The van der Waals surface area contributed by atoms with Crippen LogP contribution in [0.5, 0.6) is 0 Å². The fraction of sp³-hybridized carbons (Fsp3) is 1.00. The molecule has 0 aliphatic rings. The number of halogens is 1. The first-order valence-corrected chi connectivity index (χ1v) is 4.74. The van der Waals surface area contributed by atoms with E-state index in [0.717, 1.165) is 0 Å². The molecule has 0 aliphatic heterocycles. The molecule has 0 radical (unpaired) electrons. The smallest absolute Gasteiger partial charge is 0.271 e. The Kier molecular flexibility index (Phi) is 6.65. The molecule has 0 aromatic rings. The van der Waals surface area contributed by atoms with Crippen molar-refractivity contribution in [1.82, 2.24) is 4.67 Å². The molecular weight excluding hydrogens is 172 g/mol. The number of nitrogens with zero attached hydrogens (tertiary/aromatic N) is 1. The van der Waals surface area contributed by atoms with Gasteiger partial charge in [-0.25, -0.2) is 4.67 Å². The summed E-state index contributed by atoms with van der Waals surface area (Å²) in [6.45, 7) is 5.02. The largest absolute Gasteiger partial charge is 0.276 e. The van der Waals surface area contributed by atoms with Crippen LogP contribution in [0.3, 0.4) is 0 Å². The van der Waals surface area contributed by atoms with Gasteiger partial charge in [0.1, 0.15) is 0 Å². The summed E-state index contributed by atoms with van der Waals surface area (Å²) in [6, 6.07) is 0. The summed E-state index contributed by atoms with van der Waals surface area (Å²) in [5.74, 6) is 0. The summed E-state index contributed by atoms with van der Waals surface area (Å²) in [7, 11) is -2.94. The lowest BCUT2D eigenvalue weighted by Crippen LogP contribution is -2.28. The maximum Gasteiger partial charge on any atom is 0.276 e. The lowest BCUT2D eigenvalue weighted by molar-refractivity contribution is 0.444. The van der Waals surface area contributed by atoms with E-state index < -0.39 is 7.59 Å². The van der Waals surface area contributed by atoms with Gasteiger partial charge in [-0.3, -0.25) is 15.6 Å². The second-order valence-electron chi connectivity index (χ2n) is 1.81. The van der Waals surface area contributed by atoms with E-state index in [1.54, 1.807) is 4.67 Å². The van der Waals surface area contributed by atoms with Gasteiger partial charge < -0.3 is 0 Å². The zero-order valence-electron chi connectivity index (χ0n) is 6.28. The molecule has 0 aromatic heterocycles. The van der Waals surface area contributed by atoms with Gasteiger partial charge in [-0.05, 0) is 0 Å². The molecule has 6 heteroatoms. The third-order valence-electron chi connectivity index (χ3n) is 1.17. The Balaban J connectivity index is 0. The first-order valence-electron chi connectivity index (χ1n) is 2.95. The molecule has 0 heterocycles. The highest BCUT2D eigenvalue weighted by atomic mass is 35.5. The van der Waals surface area contributed by atoms with Gasteiger partial charge in [-0.2, -0.15) is 0 Å². The average molecular weight is 188 g/mol. The van der Waals surface area contributed by atoms with Crippen LogP contribution in [0.1, 0.15) is 13.8 Å². The van der Waals surface area contributed by atoms with Crippen LogP contribution >= 0.6 is 20.0 Å². The molecule has 0 spiro atoms. The first-order chi connectivity index (χ1) is 4.02. The molecule has 0 unspecified atom stereocenters. The predicted octanol–water partition coefficient (Wildman–Crippen LogP) is 0.776. The minimum Gasteiger partial charge on any atom is -0.271 e. The Morgan fingerprint density at radius 3 is 1.60 bits per heavy atom. The molecule has 0 bridgehead atoms. The van der Waals surface area contributed by atoms with E-state index in [9.17, 15) is 4.57 Å². The second-order valence-corrected chi connectivity index (χ2v) is 3.72. The van der Waals surface area contributed by atoms with Crippen LogP contribution in [0.15, 0.2) is 0 Å². The molecular formula is C4H15ClN3OP. The van der Waals surface area contributed by atoms with Crippen LogP contribution < -0.4 is 11.0 Å². The third kappa shape index (κ3) is 4.25. The van der Waals surface area contributed by atoms with Crippen molar-refractivity contribution < 1.29 is 4.57 Å². The van der Waals surface area contributed by atoms with Crippen LogP contribution in [-0.4, -0.2) is 17.8 Å². The van der Waals surface area contributed by atoms with E-state index in [4.69, 9.17) is 11.0 Å². The SMILES string of the molecule is CCN(CC)P(N)(N)=O.Cl. The summed E-state index contributed by atoms with van der Waals surface area (Å²) in [4.78, 5) is 0. The van der Waals surface area contributed by atoms with Gasteiger partial charge in [0.05, 0.1) is 0 Å². The zero-order valence-corrected chi connectivity index (χ0v) is 7.99. The Hall–Kier alpha value is 0.400. The van der Waals surface area contributed by atoms with Crippen molar-refractivity contribution in [3.05, 3.63) is 0 Å². The van der Waals surface area contributed by atoms with E-state index in [-0.39, 0.29) is 12.4 Å². The Morgan fingerprint density at radius 2 is 1.60 bits per heavy atom. The minimum atomic E-state index is -2.94. The monoisotopic (exact) mass is 187 g/mol. The highest BCUT2D eigenvalue weighted by Crippen LogP contribution is 2.29. The topological polar surface area (TPSA) is 72.3 Å². The molecule has 0 saturated carbocycles. The van der Waals surface area contributed by atoms with Crippen molar-refractivity contribution in [3.8, 4) is 0 Å². The van der Waals surface area contributed by atoms with E-state index in [1.165, 1.54) is 0 Å². The van der Waals surface area contributed by atoms with Crippen molar-refractivity contribution in [2.45, 2.75) is 13.8 Å². The number of nitrogens with two attached hydrogens (primary N) is 2. The molecule has 0 atom stereocenters. The molecule has 64 valence electrons. The van der Waals surface area contributed by atoms with Gasteiger partial charge >= 0.3 is 0 Å². The van der Waals surface area contributed by atoms with Crippen molar-refractivity contribution in [3.63, 3.8) is 0 Å². The van der Waals surface area contributed by atoms with Crippen molar-refractivity contribution in [1.29, 1.82) is 0 Å². The molecule has 0 aromatic carbocycles. The molecule has 0 fully saturated rings. The molecule has 0 saturated heterocycles. The van der Waals surface area contributed by atoms with Crippen LogP contribution in [0.2, 0.25) is 0 Å². The Labute approximate surface area is 67.9 Å². The van der Waals surface area contributed by atoms with Crippen LogP contribution in [0, 0.1) is 0 Å². The number of rotatable bonds is 3. The molecule has 4 nitrogen and oxygen atoms in total. The summed E-state index contributed by atoms with van der Waals surface area (Å²) in [6.07, 6.45) is 0. The van der Waals surface area contributed by atoms with Crippen LogP contribution in [-0.2, 0) is 4.57 Å². The normalized spacial score (nSPS) is 11.3. The average Bonchev–Trinajstić information content (AvgIpc) is 1.65. The predicted molar refractivity (Wildman–Crippen MR) is 46.2 cm³/mol. The lowest BCUT2D eigenvalue weighted by atomic mass is 10.7. The lowest BCUT2D eigenvalue weighted by Gasteiger charge is -2.21. The third-order valence-corrected chi connectivity index (χ3v) is 2.62. The molecule has 10 heavy (non-hydrogen) atoms. The van der Waals surface area contributed by atoms with Crippen molar-refractivity contribution in [2.24, 2.45) is 11.0 Å². The second kappa shape index (κ2) is 5.10. The summed E-state index contributed by atoms with van der Waals surface area (Å²) in [5.41, 5.74) is 10.3. The molecule has 4 N–H and O–H groups in total. The highest BCUT2D eigenvalue weighted by Gasteiger charge is 2.15. The van der Waals surface area contributed by atoms with Gasteiger partial charge in [0, 0.05) is 13.1 Å².